The number of likely N-dealkylation sites (N-methyl/N-ethyl adjacent to an activating group) is 1. The summed E-state index contributed by atoms with van der Waals surface area (Å²) in [5, 5.41) is 12.1. The van der Waals surface area contributed by atoms with Gasteiger partial charge in [0.15, 0.2) is 0 Å². The molecule has 2 aromatic rings. The quantitative estimate of drug-likeness (QED) is 0.789. The predicted molar refractivity (Wildman–Crippen MR) is 88.0 cm³/mol. The van der Waals surface area contributed by atoms with Crippen molar-refractivity contribution in [2.24, 2.45) is 0 Å². The fourth-order valence-electron chi connectivity index (χ4n) is 2.07. The second-order valence-corrected chi connectivity index (χ2v) is 5.36. The van der Waals surface area contributed by atoms with Crippen LogP contribution >= 0.6 is 0 Å². The van der Waals surface area contributed by atoms with Crippen molar-refractivity contribution < 1.29 is 9.59 Å². The van der Waals surface area contributed by atoms with Crippen molar-refractivity contribution in [2.45, 2.75) is 25.9 Å². The van der Waals surface area contributed by atoms with Crippen LogP contribution in [0.25, 0.3) is 0 Å². The molecule has 0 unspecified atom stereocenters. The first kappa shape index (κ1) is 16.5. The number of carbonyl (C=O) groups excluding carboxylic acids is 2. The van der Waals surface area contributed by atoms with Gasteiger partial charge in [0.1, 0.15) is 6.04 Å². The zero-order chi connectivity index (χ0) is 16.8. The monoisotopic (exact) mass is 315 g/mol. The molecule has 3 amide bonds. The molecule has 0 aliphatic heterocycles. The van der Waals surface area contributed by atoms with Crippen LogP contribution < -0.4 is 16.0 Å². The lowest BCUT2D eigenvalue weighted by atomic mass is 10.1. The maximum atomic E-state index is 12.2. The Balaban J connectivity index is 2.07. The lowest BCUT2D eigenvalue weighted by molar-refractivity contribution is -0.122. The van der Waals surface area contributed by atoms with Gasteiger partial charge >= 0.3 is 6.03 Å². The van der Waals surface area contributed by atoms with Crippen LogP contribution in [-0.4, -0.2) is 28.8 Å². The Morgan fingerprint density at radius 1 is 1.17 bits per heavy atom. The molecule has 122 valence electrons. The van der Waals surface area contributed by atoms with Gasteiger partial charge in [0, 0.05) is 19.3 Å². The summed E-state index contributed by atoms with van der Waals surface area (Å²) in [6, 6.07) is 8.04. The number of urea groups is 1. The third-order valence-electron chi connectivity index (χ3n) is 3.31. The molecule has 3 N–H and O–H groups in total. The minimum Gasteiger partial charge on any atom is -0.357 e. The summed E-state index contributed by atoms with van der Waals surface area (Å²) in [7, 11) is 1.53. The maximum Gasteiger partial charge on any atom is 0.320 e. The Morgan fingerprint density at radius 3 is 2.43 bits per heavy atom. The first-order chi connectivity index (χ1) is 11.0. The Morgan fingerprint density at radius 2 is 1.87 bits per heavy atom. The summed E-state index contributed by atoms with van der Waals surface area (Å²) in [6.07, 6.45) is 3.30. The molecule has 23 heavy (non-hydrogen) atoms. The Bertz CT molecular complexity index is 666. The molecule has 0 fully saturated rings. The van der Waals surface area contributed by atoms with Crippen molar-refractivity contribution in [1.82, 2.24) is 20.4 Å². The fraction of sp³-hybridized carbons (Fsp3) is 0.312. The van der Waals surface area contributed by atoms with Gasteiger partial charge in [-0.05, 0) is 19.4 Å². The number of hydrogen-bond donors (Lipinski definition) is 3. The maximum absolute atomic E-state index is 12.2. The lowest BCUT2D eigenvalue weighted by Gasteiger charge is -2.17. The van der Waals surface area contributed by atoms with E-state index < -0.39 is 12.1 Å². The summed E-state index contributed by atoms with van der Waals surface area (Å²) < 4.78 is 1.74. The van der Waals surface area contributed by atoms with Crippen molar-refractivity contribution in [1.29, 1.82) is 0 Å². The van der Waals surface area contributed by atoms with E-state index in [-0.39, 0.29) is 11.9 Å². The largest absolute Gasteiger partial charge is 0.357 e. The van der Waals surface area contributed by atoms with E-state index >= 15 is 0 Å². The van der Waals surface area contributed by atoms with Crippen molar-refractivity contribution in [3.05, 3.63) is 48.3 Å². The van der Waals surface area contributed by atoms with E-state index in [4.69, 9.17) is 0 Å². The van der Waals surface area contributed by atoms with Crippen LogP contribution in [0.3, 0.4) is 0 Å². The average Bonchev–Trinajstić information content (AvgIpc) is 3.01. The molecule has 0 bridgehead atoms. The summed E-state index contributed by atoms with van der Waals surface area (Å²) in [4.78, 5) is 24.2. The number of hydrogen-bond acceptors (Lipinski definition) is 3. The molecule has 0 aliphatic carbocycles. The van der Waals surface area contributed by atoms with E-state index in [0.29, 0.717) is 11.3 Å². The molecule has 7 heteroatoms. The third kappa shape index (κ3) is 4.32. The van der Waals surface area contributed by atoms with Gasteiger partial charge in [0.05, 0.1) is 11.9 Å². The highest BCUT2D eigenvalue weighted by Gasteiger charge is 2.21. The summed E-state index contributed by atoms with van der Waals surface area (Å²) in [6.45, 7) is 3.99. The summed E-state index contributed by atoms with van der Waals surface area (Å²) >= 11 is 0. The molecule has 0 saturated heterocycles. The van der Waals surface area contributed by atoms with Crippen LogP contribution in [0, 0.1) is 0 Å². The van der Waals surface area contributed by atoms with Gasteiger partial charge in [-0.25, -0.2) is 4.79 Å². The number of anilines is 1. The SMILES string of the molecule is CNC(=O)[C@@H](NC(=O)Nc1cnn(C(C)C)c1)c1ccccc1. The van der Waals surface area contributed by atoms with Gasteiger partial charge in [-0.2, -0.15) is 5.10 Å². The van der Waals surface area contributed by atoms with Gasteiger partial charge in [0.2, 0.25) is 5.91 Å². The first-order valence-corrected chi connectivity index (χ1v) is 7.39. The zero-order valence-electron chi connectivity index (χ0n) is 13.4. The molecule has 0 aliphatic rings. The van der Waals surface area contributed by atoms with Gasteiger partial charge < -0.3 is 16.0 Å². The van der Waals surface area contributed by atoms with Crippen molar-refractivity contribution in [3.8, 4) is 0 Å². The summed E-state index contributed by atoms with van der Waals surface area (Å²) in [5.41, 5.74) is 1.28. The lowest BCUT2D eigenvalue weighted by Crippen LogP contribution is -2.40. The second kappa shape index (κ2) is 7.44. The van der Waals surface area contributed by atoms with Crippen LogP contribution in [0.15, 0.2) is 42.7 Å². The normalized spacial score (nSPS) is 11.8. The van der Waals surface area contributed by atoms with Crippen LogP contribution in [0.5, 0.6) is 0 Å². The molecule has 0 spiro atoms. The topological polar surface area (TPSA) is 88.1 Å². The molecule has 1 aromatic heterocycles. The van der Waals surface area contributed by atoms with Crippen molar-refractivity contribution in [2.75, 3.05) is 12.4 Å². The molecular formula is C16H21N5O2. The first-order valence-electron chi connectivity index (χ1n) is 7.39. The van der Waals surface area contributed by atoms with E-state index in [9.17, 15) is 9.59 Å². The van der Waals surface area contributed by atoms with E-state index in [2.05, 4.69) is 21.0 Å². The number of nitrogens with zero attached hydrogens (tertiary/aromatic N) is 2. The summed E-state index contributed by atoms with van der Waals surface area (Å²) in [5.74, 6) is -0.288. The highest BCUT2D eigenvalue weighted by Crippen LogP contribution is 2.14. The van der Waals surface area contributed by atoms with Gasteiger partial charge in [-0.1, -0.05) is 30.3 Å². The molecule has 0 radical (unpaired) electrons. The standard InChI is InChI=1S/C16H21N5O2/c1-11(2)21-10-13(9-18-21)19-16(23)20-14(15(22)17-3)12-7-5-4-6-8-12/h4-11,14H,1-3H3,(H,17,22)(H2,19,20,23)/t14-/m0/s1. The molecule has 1 atom stereocenters. The van der Waals surface area contributed by atoms with Crippen LogP contribution in [0.1, 0.15) is 31.5 Å². The van der Waals surface area contributed by atoms with Crippen LogP contribution in [-0.2, 0) is 4.79 Å². The third-order valence-corrected chi connectivity index (χ3v) is 3.31. The number of aromatic nitrogens is 2. The second-order valence-electron chi connectivity index (χ2n) is 5.36. The van der Waals surface area contributed by atoms with Crippen molar-refractivity contribution >= 4 is 17.6 Å². The molecular weight excluding hydrogens is 294 g/mol. The van der Waals surface area contributed by atoms with Gasteiger partial charge in [-0.3, -0.25) is 9.48 Å². The van der Waals surface area contributed by atoms with E-state index in [1.54, 1.807) is 29.2 Å². The van der Waals surface area contributed by atoms with E-state index in [1.807, 2.05) is 32.0 Å². The molecule has 7 nitrogen and oxygen atoms in total. The van der Waals surface area contributed by atoms with Gasteiger partial charge in [-0.15, -0.1) is 0 Å². The van der Waals surface area contributed by atoms with E-state index in [0.717, 1.165) is 0 Å². The highest BCUT2D eigenvalue weighted by atomic mass is 16.2. The smallest absolute Gasteiger partial charge is 0.320 e. The molecule has 0 saturated carbocycles. The molecule has 1 aromatic carbocycles. The van der Waals surface area contributed by atoms with E-state index in [1.165, 1.54) is 7.05 Å². The van der Waals surface area contributed by atoms with Crippen LogP contribution in [0.2, 0.25) is 0 Å². The highest BCUT2D eigenvalue weighted by molar-refractivity contribution is 5.94. The molecule has 2 rings (SSSR count). The number of nitrogens with one attached hydrogen (secondary N) is 3. The Labute approximate surface area is 135 Å². The van der Waals surface area contributed by atoms with Crippen LogP contribution in [0.4, 0.5) is 10.5 Å². The number of carbonyl (C=O) groups is 2. The fourth-order valence-corrected chi connectivity index (χ4v) is 2.07. The number of benzene rings is 1. The Kier molecular flexibility index (Phi) is 5.35. The molecule has 1 heterocycles. The van der Waals surface area contributed by atoms with Gasteiger partial charge in [0.25, 0.3) is 0 Å². The minimum absolute atomic E-state index is 0.205. The zero-order valence-corrected chi connectivity index (χ0v) is 13.4. The minimum atomic E-state index is -0.763. The predicted octanol–water partition coefficient (Wildman–Crippen LogP) is 2.07. The van der Waals surface area contributed by atoms with Crippen molar-refractivity contribution in [3.63, 3.8) is 0 Å². The number of rotatable bonds is 5. The Hall–Kier alpha value is -2.83. The average molecular weight is 315 g/mol. The number of amides is 3.